The molecule has 1 rings (SSSR count). The van der Waals surface area contributed by atoms with E-state index in [2.05, 4.69) is 19.2 Å². The largest absolute Gasteiger partial charge is 0.379 e. The Labute approximate surface area is 95.3 Å². The third-order valence-corrected chi connectivity index (χ3v) is 3.95. The number of amides is 1. The van der Waals surface area contributed by atoms with Gasteiger partial charge in [0.2, 0.25) is 5.91 Å². The summed E-state index contributed by atoms with van der Waals surface area (Å²) in [6.07, 6.45) is 2.04. The van der Waals surface area contributed by atoms with E-state index in [4.69, 9.17) is 10.5 Å². The molecular weight excluding hydrogens is 212 g/mol. The van der Waals surface area contributed by atoms with Crippen molar-refractivity contribution in [3.05, 3.63) is 0 Å². The molecule has 1 aliphatic heterocycles. The predicted molar refractivity (Wildman–Crippen MR) is 62.9 cm³/mol. The van der Waals surface area contributed by atoms with Crippen molar-refractivity contribution in [3.8, 4) is 0 Å². The lowest BCUT2D eigenvalue weighted by Crippen LogP contribution is -2.44. The van der Waals surface area contributed by atoms with Gasteiger partial charge in [-0.1, -0.05) is 0 Å². The summed E-state index contributed by atoms with van der Waals surface area (Å²) in [5, 5.41) is 2.93. The summed E-state index contributed by atoms with van der Waals surface area (Å²) >= 11 is 1.74. The zero-order valence-corrected chi connectivity index (χ0v) is 10.4. The quantitative estimate of drug-likeness (QED) is 0.728. The van der Waals surface area contributed by atoms with Crippen LogP contribution in [0.4, 0.5) is 0 Å². The maximum atomic E-state index is 11.7. The number of hydrogen-bond acceptors (Lipinski definition) is 4. The molecule has 0 aromatic carbocycles. The summed E-state index contributed by atoms with van der Waals surface area (Å²) in [6.45, 7) is 5.80. The minimum Gasteiger partial charge on any atom is -0.379 e. The topological polar surface area (TPSA) is 64.3 Å². The van der Waals surface area contributed by atoms with Gasteiger partial charge < -0.3 is 15.8 Å². The number of nitrogens with two attached hydrogens (primary N) is 1. The van der Waals surface area contributed by atoms with Crippen molar-refractivity contribution in [1.29, 1.82) is 0 Å². The van der Waals surface area contributed by atoms with Crippen molar-refractivity contribution in [1.82, 2.24) is 5.32 Å². The van der Waals surface area contributed by atoms with Crippen LogP contribution in [0.1, 0.15) is 13.8 Å². The SMILES string of the molecule is CSC(C)(C)CNC(=O)C1COCC1N. The molecule has 88 valence electrons. The molecule has 0 aromatic rings. The fourth-order valence-corrected chi connectivity index (χ4v) is 1.56. The van der Waals surface area contributed by atoms with E-state index in [1.165, 1.54) is 0 Å². The van der Waals surface area contributed by atoms with Crippen molar-refractivity contribution in [2.75, 3.05) is 26.0 Å². The van der Waals surface area contributed by atoms with Gasteiger partial charge in [-0.15, -0.1) is 0 Å². The molecule has 4 nitrogen and oxygen atoms in total. The van der Waals surface area contributed by atoms with Crippen LogP contribution in [0.2, 0.25) is 0 Å². The Morgan fingerprint density at radius 2 is 2.27 bits per heavy atom. The predicted octanol–water partition coefficient (Wildman–Crippen LogP) is 0.218. The molecule has 0 aromatic heterocycles. The Hall–Kier alpha value is -0.260. The maximum absolute atomic E-state index is 11.7. The molecule has 0 radical (unpaired) electrons. The number of ether oxygens (including phenoxy) is 1. The van der Waals surface area contributed by atoms with Crippen LogP contribution in [0.3, 0.4) is 0 Å². The van der Waals surface area contributed by atoms with Gasteiger partial charge in [-0.05, 0) is 20.1 Å². The van der Waals surface area contributed by atoms with E-state index in [1.54, 1.807) is 11.8 Å². The summed E-state index contributed by atoms with van der Waals surface area (Å²) in [5.74, 6) is -0.162. The smallest absolute Gasteiger partial charge is 0.227 e. The Bertz CT molecular complexity index is 233. The van der Waals surface area contributed by atoms with Crippen molar-refractivity contribution in [3.63, 3.8) is 0 Å². The minimum absolute atomic E-state index is 0.0159. The Morgan fingerprint density at radius 3 is 2.73 bits per heavy atom. The zero-order valence-electron chi connectivity index (χ0n) is 9.58. The van der Waals surface area contributed by atoms with Gasteiger partial charge in [0.25, 0.3) is 0 Å². The zero-order chi connectivity index (χ0) is 11.5. The van der Waals surface area contributed by atoms with Crippen LogP contribution in [0, 0.1) is 5.92 Å². The number of rotatable bonds is 4. The van der Waals surface area contributed by atoms with E-state index in [0.29, 0.717) is 19.8 Å². The van der Waals surface area contributed by atoms with Gasteiger partial charge in [0.15, 0.2) is 0 Å². The average Bonchev–Trinajstić information content (AvgIpc) is 2.61. The van der Waals surface area contributed by atoms with E-state index in [9.17, 15) is 4.79 Å². The van der Waals surface area contributed by atoms with Gasteiger partial charge in [0.1, 0.15) is 0 Å². The third-order valence-electron chi connectivity index (χ3n) is 2.70. The average molecular weight is 232 g/mol. The summed E-state index contributed by atoms with van der Waals surface area (Å²) < 4.78 is 5.23. The number of nitrogens with one attached hydrogen (secondary N) is 1. The fourth-order valence-electron chi connectivity index (χ4n) is 1.34. The summed E-state index contributed by atoms with van der Waals surface area (Å²) in [5.41, 5.74) is 5.76. The summed E-state index contributed by atoms with van der Waals surface area (Å²) in [4.78, 5) is 11.7. The van der Waals surface area contributed by atoms with Crippen LogP contribution in [0.5, 0.6) is 0 Å². The van der Waals surface area contributed by atoms with Crippen LogP contribution in [-0.2, 0) is 9.53 Å². The number of carbonyl (C=O) groups is 1. The van der Waals surface area contributed by atoms with E-state index >= 15 is 0 Å². The standard InChI is InChI=1S/C10H20N2O2S/c1-10(2,15-3)6-12-9(13)7-4-14-5-8(7)11/h7-8H,4-6,11H2,1-3H3,(H,12,13). The first-order valence-corrected chi connectivity index (χ1v) is 6.35. The molecule has 0 saturated carbocycles. The van der Waals surface area contributed by atoms with Crippen LogP contribution < -0.4 is 11.1 Å². The van der Waals surface area contributed by atoms with Gasteiger partial charge in [-0.3, -0.25) is 4.79 Å². The van der Waals surface area contributed by atoms with Gasteiger partial charge in [-0.25, -0.2) is 0 Å². The van der Waals surface area contributed by atoms with Crippen molar-refractivity contribution in [2.24, 2.45) is 11.7 Å². The number of thioether (sulfide) groups is 1. The van der Waals surface area contributed by atoms with Crippen LogP contribution >= 0.6 is 11.8 Å². The molecule has 0 spiro atoms. The normalized spacial score (nSPS) is 26.7. The van der Waals surface area contributed by atoms with Crippen molar-refractivity contribution >= 4 is 17.7 Å². The first-order chi connectivity index (χ1) is 6.96. The molecule has 1 saturated heterocycles. The molecule has 5 heteroatoms. The number of hydrogen-bond donors (Lipinski definition) is 2. The molecule has 15 heavy (non-hydrogen) atoms. The molecular formula is C10H20N2O2S. The molecule has 3 N–H and O–H groups in total. The van der Waals surface area contributed by atoms with Crippen LogP contribution in [0.25, 0.3) is 0 Å². The van der Waals surface area contributed by atoms with Gasteiger partial charge >= 0.3 is 0 Å². The minimum atomic E-state index is -0.178. The maximum Gasteiger partial charge on any atom is 0.227 e. The first kappa shape index (κ1) is 12.8. The van der Waals surface area contributed by atoms with E-state index in [-0.39, 0.29) is 22.6 Å². The summed E-state index contributed by atoms with van der Waals surface area (Å²) in [6, 6.07) is -0.151. The molecule has 0 bridgehead atoms. The van der Waals surface area contributed by atoms with Gasteiger partial charge in [0.05, 0.1) is 19.1 Å². The van der Waals surface area contributed by atoms with Crippen molar-refractivity contribution < 1.29 is 9.53 Å². The van der Waals surface area contributed by atoms with E-state index in [1.807, 2.05) is 6.26 Å². The Morgan fingerprint density at radius 1 is 1.60 bits per heavy atom. The lowest BCUT2D eigenvalue weighted by atomic mass is 10.0. The second-order valence-electron chi connectivity index (χ2n) is 4.49. The lowest BCUT2D eigenvalue weighted by Gasteiger charge is -2.23. The highest BCUT2D eigenvalue weighted by molar-refractivity contribution is 7.99. The van der Waals surface area contributed by atoms with E-state index in [0.717, 1.165) is 0 Å². The van der Waals surface area contributed by atoms with Crippen LogP contribution in [-0.4, -0.2) is 42.7 Å². The van der Waals surface area contributed by atoms with Gasteiger partial charge in [0, 0.05) is 17.3 Å². The van der Waals surface area contributed by atoms with Crippen molar-refractivity contribution in [2.45, 2.75) is 24.6 Å². The highest BCUT2D eigenvalue weighted by Gasteiger charge is 2.31. The van der Waals surface area contributed by atoms with Crippen LogP contribution in [0.15, 0.2) is 0 Å². The molecule has 2 unspecified atom stereocenters. The highest BCUT2D eigenvalue weighted by Crippen LogP contribution is 2.20. The second-order valence-corrected chi connectivity index (χ2v) is 6.00. The van der Waals surface area contributed by atoms with E-state index < -0.39 is 0 Å². The fraction of sp³-hybridized carbons (Fsp3) is 0.900. The Balaban J connectivity index is 2.36. The second kappa shape index (κ2) is 5.18. The summed E-state index contributed by atoms with van der Waals surface area (Å²) in [7, 11) is 0. The molecule has 1 aliphatic rings. The van der Waals surface area contributed by atoms with Gasteiger partial charge in [-0.2, -0.15) is 11.8 Å². The molecule has 1 heterocycles. The molecule has 2 atom stereocenters. The monoisotopic (exact) mass is 232 g/mol. The number of carbonyl (C=O) groups excluding carboxylic acids is 1. The molecule has 1 amide bonds. The lowest BCUT2D eigenvalue weighted by molar-refractivity contribution is -0.125. The third kappa shape index (κ3) is 3.66. The first-order valence-electron chi connectivity index (χ1n) is 5.12. The Kier molecular flexibility index (Phi) is 4.43. The molecule has 1 fully saturated rings. The molecule has 0 aliphatic carbocycles. The highest BCUT2D eigenvalue weighted by atomic mass is 32.2.